The first-order valence-electron chi connectivity index (χ1n) is 10.7. The van der Waals surface area contributed by atoms with Crippen LogP contribution in [-0.4, -0.2) is 20.6 Å². The average Bonchev–Trinajstić information content (AvgIpc) is 3.24. The first-order chi connectivity index (χ1) is 16.3. The van der Waals surface area contributed by atoms with Crippen molar-refractivity contribution in [1.82, 2.24) is 9.47 Å². The normalized spacial score (nSPS) is 15.2. The van der Waals surface area contributed by atoms with E-state index in [-0.39, 0.29) is 17.7 Å². The van der Waals surface area contributed by atoms with E-state index in [1.807, 2.05) is 79.1 Å². The number of carbonyl (C=O) groups excluding carboxylic acids is 2. The standard InChI is InChI=1S/C27H20Cl2N2O2S/c1-16-11-21(17(2)31(16)22-9-10-23(28)24(29)14-22)13-25-26(32)30(27(33)34-25)15-18-7-8-19-5-3-4-6-20(19)12-18/h3-14H,15H2,1-2H3/b25-13-. The van der Waals surface area contributed by atoms with Crippen molar-refractivity contribution >= 4 is 63.0 Å². The summed E-state index contributed by atoms with van der Waals surface area (Å²) in [5.41, 5.74) is 4.60. The fourth-order valence-corrected chi connectivity index (χ4v) is 5.37. The van der Waals surface area contributed by atoms with Crippen LogP contribution in [0.15, 0.2) is 71.6 Å². The molecule has 1 saturated heterocycles. The van der Waals surface area contributed by atoms with Crippen LogP contribution in [0.25, 0.3) is 22.5 Å². The Morgan fingerprint density at radius 3 is 2.41 bits per heavy atom. The van der Waals surface area contributed by atoms with Crippen LogP contribution in [0.4, 0.5) is 4.79 Å². The molecule has 5 rings (SSSR count). The summed E-state index contributed by atoms with van der Waals surface area (Å²) in [5.74, 6) is -0.275. The molecule has 0 saturated carbocycles. The van der Waals surface area contributed by atoms with E-state index in [9.17, 15) is 9.59 Å². The van der Waals surface area contributed by atoms with Gasteiger partial charge in [0.15, 0.2) is 0 Å². The maximum atomic E-state index is 13.1. The van der Waals surface area contributed by atoms with Crippen molar-refractivity contribution in [3.05, 3.63) is 104 Å². The van der Waals surface area contributed by atoms with Gasteiger partial charge in [-0.3, -0.25) is 14.5 Å². The minimum absolute atomic E-state index is 0.245. The minimum Gasteiger partial charge on any atom is -0.318 e. The lowest BCUT2D eigenvalue weighted by atomic mass is 10.1. The fourth-order valence-electron chi connectivity index (χ4n) is 4.25. The molecule has 7 heteroatoms. The Balaban J connectivity index is 1.43. The van der Waals surface area contributed by atoms with Crippen molar-refractivity contribution in [2.75, 3.05) is 0 Å². The van der Waals surface area contributed by atoms with Gasteiger partial charge in [-0.2, -0.15) is 0 Å². The van der Waals surface area contributed by atoms with Gasteiger partial charge < -0.3 is 4.57 Å². The molecule has 34 heavy (non-hydrogen) atoms. The van der Waals surface area contributed by atoms with Crippen molar-refractivity contribution in [1.29, 1.82) is 0 Å². The van der Waals surface area contributed by atoms with Gasteiger partial charge in [-0.1, -0.05) is 59.6 Å². The summed E-state index contributed by atoms with van der Waals surface area (Å²) < 4.78 is 2.05. The molecule has 1 aliphatic heterocycles. The number of nitrogens with zero attached hydrogens (tertiary/aromatic N) is 2. The number of hydrogen-bond acceptors (Lipinski definition) is 3. The number of aromatic nitrogens is 1. The van der Waals surface area contributed by atoms with Crippen LogP contribution in [0, 0.1) is 13.8 Å². The summed E-state index contributed by atoms with van der Waals surface area (Å²) in [6, 6.07) is 21.5. The van der Waals surface area contributed by atoms with E-state index in [1.165, 1.54) is 4.90 Å². The molecule has 0 unspecified atom stereocenters. The molecule has 4 nitrogen and oxygen atoms in total. The molecule has 1 aromatic heterocycles. The second kappa shape index (κ2) is 8.99. The number of carbonyl (C=O) groups is 2. The molecule has 0 radical (unpaired) electrons. The Hall–Kier alpha value is -2.99. The van der Waals surface area contributed by atoms with Crippen LogP contribution in [0.5, 0.6) is 0 Å². The lowest BCUT2D eigenvalue weighted by Gasteiger charge is -2.13. The number of rotatable bonds is 4. The number of aryl methyl sites for hydroxylation is 1. The fraction of sp³-hybridized carbons (Fsp3) is 0.111. The highest BCUT2D eigenvalue weighted by Gasteiger charge is 2.35. The second-order valence-electron chi connectivity index (χ2n) is 8.21. The number of halogens is 2. The molecule has 0 bridgehead atoms. The van der Waals surface area contributed by atoms with Gasteiger partial charge in [-0.25, -0.2) is 0 Å². The molecule has 170 valence electrons. The molecule has 2 heterocycles. The van der Waals surface area contributed by atoms with Crippen molar-refractivity contribution in [3.8, 4) is 5.69 Å². The summed E-state index contributed by atoms with van der Waals surface area (Å²) in [7, 11) is 0. The van der Waals surface area contributed by atoms with Crippen LogP contribution < -0.4 is 0 Å². The zero-order valence-corrected chi connectivity index (χ0v) is 20.8. The molecule has 1 aliphatic rings. The van der Waals surface area contributed by atoms with E-state index in [0.717, 1.165) is 50.7 Å². The number of benzene rings is 3. The number of amides is 2. The molecule has 0 spiro atoms. The van der Waals surface area contributed by atoms with Gasteiger partial charge in [0, 0.05) is 17.1 Å². The van der Waals surface area contributed by atoms with Gasteiger partial charge in [0.1, 0.15) is 0 Å². The number of hydrogen-bond donors (Lipinski definition) is 0. The summed E-state index contributed by atoms with van der Waals surface area (Å²) in [5, 5.41) is 2.91. The Labute approximate surface area is 211 Å². The zero-order chi connectivity index (χ0) is 24.0. The largest absolute Gasteiger partial charge is 0.318 e. The molecule has 0 N–H and O–H groups in total. The Morgan fingerprint density at radius 1 is 0.882 bits per heavy atom. The van der Waals surface area contributed by atoms with Crippen molar-refractivity contribution in [2.45, 2.75) is 20.4 Å². The van der Waals surface area contributed by atoms with Crippen LogP contribution in [0.1, 0.15) is 22.5 Å². The van der Waals surface area contributed by atoms with Crippen LogP contribution in [0.2, 0.25) is 10.0 Å². The van der Waals surface area contributed by atoms with Gasteiger partial charge in [-0.05, 0) is 83.9 Å². The first kappa shape index (κ1) is 22.8. The maximum absolute atomic E-state index is 13.1. The summed E-state index contributed by atoms with van der Waals surface area (Å²) >= 11 is 13.3. The maximum Gasteiger partial charge on any atom is 0.293 e. The third kappa shape index (κ3) is 4.16. The van der Waals surface area contributed by atoms with Gasteiger partial charge >= 0.3 is 0 Å². The third-order valence-corrected chi connectivity index (χ3v) is 7.59. The Kier molecular flexibility index (Phi) is 6.02. The second-order valence-corrected chi connectivity index (χ2v) is 10.0. The van der Waals surface area contributed by atoms with Gasteiger partial charge in [0.05, 0.1) is 21.5 Å². The quantitative estimate of drug-likeness (QED) is 0.265. The van der Waals surface area contributed by atoms with Crippen molar-refractivity contribution in [3.63, 3.8) is 0 Å². The van der Waals surface area contributed by atoms with Gasteiger partial charge in [0.25, 0.3) is 11.1 Å². The average molecular weight is 507 g/mol. The Bertz CT molecular complexity index is 1510. The van der Waals surface area contributed by atoms with E-state index in [2.05, 4.69) is 0 Å². The molecule has 1 fully saturated rings. The van der Waals surface area contributed by atoms with E-state index < -0.39 is 0 Å². The Morgan fingerprint density at radius 2 is 1.65 bits per heavy atom. The molecular formula is C27H20Cl2N2O2S. The molecule has 2 amide bonds. The SMILES string of the molecule is Cc1cc(/C=C2\SC(=O)N(Cc3ccc4ccccc4c3)C2=O)c(C)n1-c1ccc(Cl)c(Cl)c1. The zero-order valence-electron chi connectivity index (χ0n) is 18.5. The summed E-state index contributed by atoms with van der Waals surface area (Å²) in [6.45, 7) is 4.20. The van der Waals surface area contributed by atoms with Crippen molar-refractivity contribution in [2.24, 2.45) is 0 Å². The van der Waals surface area contributed by atoms with E-state index >= 15 is 0 Å². The highest BCUT2D eigenvalue weighted by Crippen LogP contribution is 2.35. The highest BCUT2D eigenvalue weighted by molar-refractivity contribution is 8.18. The topological polar surface area (TPSA) is 42.3 Å². The first-order valence-corrected chi connectivity index (χ1v) is 12.3. The van der Waals surface area contributed by atoms with E-state index in [4.69, 9.17) is 23.2 Å². The lowest BCUT2D eigenvalue weighted by Crippen LogP contribution is -2.27. The molecule has 0 aliphatic carbocycles. The van der Waals surface area contributed by atoms with E-state index in [1.54, 1.807) is 12.1 Å². The van der Waals surface area contributed by atoms with Crippen molar-refractivity contribution < 1.29 is 9.59 Å². The van der Waals surface area contributed by atoms with Gasteiger partial charge in [0.2, 0.25) is 0 Å². The lowest BCUT2D eigenvalue weighted by molar-refractivity contribution is -0.123. The predicted molar refractivity (Wildman–Crippen MR) is 141 cm³/mol. The smallest absolute Gasteiger partial charge is 0.293 e. The third-order valence-electron chi connectivity index (χ3n) is 5.95. The summed E-state index contributed by atoms with van der Waals surface area (Å²) in [6.07, 6.45) is 1.79. The number of thioether (sulfide) groups is 1. The van der Waals surface area contributed by atoms with Crippen LogP contribution in [0.3, 0.4) is 0 Å². The summed E-state index contributed by atoms with van der Waals surface area (Å²) in [4.78, 5) is 27.5. The number of imide groups is 1. The molecule has 3 aromatic carbocycles. The molecule has 4 aromatic rings. The van der Waals surface area contributed by atoms with Crippen LogP contribution in [-0.2, 0) is 11.3 Å². The predicted octanol–water partition coefficient (Wildman–Crippen LogP) is 7.79. The monoisotopic (exact) mass is 506 g/mol. The molecule has 0 atom stereocenters. The molecular weight excluding hydrogens is 487 g/mol. The van der Waals surface area contributed by atoms with E-state index in [0.29, 0.717) is 15.0 Å². The minimum atomic E-state index is -0.275. The van der Waals surface area contributed by atoms with Gasteiger partial charge in [-0.15, -0.1) is 0 Å². The number of fused-ring (bicyclic) bond motifs is 1. The van der Waals surface area contributed by atoms with Crippen LogP contribution >= 0.6 is 35.0 Å². The highest BCUT2D eigenvalue weighted by atomic mass is 35.5.